The van der Waals surface area contributed by atoms with Crippen molar-refractivity contribution in [1.82, 2.24) is 0 Å². The first-order chi connectivity index (χ1) is 11.7. The van der Waals surface area contributed by atoms with Crippen molar-refractivity contribution in [3.63, 3.8) is 0 Å². The summed E-state index contributed by atoms with van der Waals surface area (Å²) in [6.45, 7) is 6.04. The van der Waals surface area contributed by atoms with E-state index in [1.54, 1.807) is 14.0 Å². The molecule has 0 radical (unpaired) electrons. The Balaban J connectivity index is 2.28. The van der Waals surface area contributed by atoms with Gasteiger partial charge in [-0.3, -0.25) is 4.79 Å². The van der Waals surface area contributed by atoms with Crippen molar-refractivity contribution in [2.45, 2.75) is 64.4 Å². The lowest BCUT2D eigenvalue weighted by Crippen LogP contribution is -2.54. The summed E-state index contributed by atoms with van der Waals surface area (Å²) < 4.78 is 5.29. The SMILES string of the molecule is COC(C)c1cc2c(c(O)c1O)[C@@]1(C(=O)O)CCCC(C)(C)[C@@H]1CC2. The van der Waals surface area contributed by atoms with Crippen molar-refractivity contribution in [3.8, 4) is 11.5 Å². The van der Waals surface area contributed by atoms with E-state index in [1.807, 2.05) is 6.07 Å². The maximum absolute atomic E-state index is 12.5. The summed E-state index contributed by atoms with van der Waals surface area (Å²) in [5.41, 5.74) is 0.507. The quantitative estimate of drug-likeness (QED) is 0.721. The molecule has 5 heteroatoms. The Morgan fingerprint density at radius 1 is 1.28 bits per heavy atom. The van der Waals surface area contributed by atoms with Gasteiger partial charge in [-0.05, 0) is 55.6 Å². The van der Waals surface area contributed by atoms with Crippen molar-refractivity contribution in [2.24, 2.45) is 11.3 Å². The molecule has 0 bridgehead atoms. The first-order valence-corrected chi connectivity index (χ1v) is 9.01. The maximum atomic E-state index is 12.5. The van der Waals surface area contributed by atoms with Gasteiger partial charge in [0.1, 0.15) is 0 Å². The number of hydrogen-bond acceptors (Lipinski definition) is 4. The first-order valence-electron chi connectivity index (χ1n) is 9.01. The van der Waals surface area contributed by atoms with E-state index in [0.717, 1.165) is 24.8 Å². The van der Waals surface area contributed by atoms with Gasteiger partial charge in [-0.1, -0.05) is 20.3 Å². The van der Waals surface area contributed by atoms with E-state index < -0.39 is 11.4 Å². The van der Waals surface area contributed by atoms with Crippen molar-refractivity contribution < 1.29 is 24.9 Å². The van der Waals surface area contributed by atoms with Gasteiger partial charge in [0.25, 0.3) is 0 Å². The Morgan fingerprint density at radius 3 is 2.56 bits per heavy atom. The highest BCUT2D eigenvalue weighted by atomic mass is 16.5. The number of rotatable bonds is 3. The fraction of sp³-hybridized carbons (Fsp3) is 0.650. The molecule has 0 aliphatic heterocycles. The fourth-order valence-electron chi connectivity index (χ4n) is 5.30. The third-order valence-corrected chi connectivity index (χ3v) is 6.64. The summed E-state index contributed by atoms with van der Waals surface area (Å²) in [7, 11) is 1.54. The van der Waals surface area contributed by atoms with Gasteiger partial charge in [0.05, 0.1) is 11.5 Å². The molecule has 3 atom stereocenters. The standard InChI is InChI=1S/C20H28O5/c1-11(25-4)13-10-12-6-7-14-19(2,3)8-5-9-20(14,18(23)24)15(12)17(22)16(13)21/h10-11,14,21-22H,5-9H2,1-4H3,(H,23,24)/t11?,14-,20+/m0/s1. The van der Waals surface area contributed by atoms with Crippen LogP contribution in [0.25, 0.3) is 0 Å². The van der Waals surface area contributed by atoms with Crippen LogP contribution >= 0.6 is 0 Å². The summed E-state index contributed by atoms with van der Waals surface area (Å²) >= 11 is 0. The second kappa shape index (κ2) is 5.90. The molecule has 5 nitrogen and oxygen atoms in total. The van der Waals surface area contributed by atoms with E-state index in [9.17, 15) is 20.1 Å². The van der Waals surface area contributed by atoms with Crippen molar-refractivity contribution >= 4 is 5.97 Å². The Hall–Kier alpha value is -1.75. The Morgan fingerprint density at radius 2 is 1.96 bits per heavy atom. The van der Waals surface area contributed by atoms with Crippen LogP contribution in [0, 0.1) is 11.3 Å². The number of aliphatic carboxylic acids is 1. The largest absolute Gasteiger partial charge is 0.504 e. The highest BCUT2D eigenvalue weighted by Crippen LogP contribution is 2.60. The Kier molecular flexibility index (Phi) is 4.26. The number of methoxy groups -OCH3 is 1. The second-order valence-electron chi connectivity index (χ2n) is 8.28. The van der Waals surface area contributed by atoms with Crippen molar-refractivity contribution in [1.29, 1.82) is 0 Å². The number of aryl methyl sites for hydroxylation is 1. The van der Waals surface area contributed by atoms with Crippen molar-refractivity contribution in [2.75, 3.05) is 7.11 Å². The van der Waals surface area contributed by atoms with Gasteiger partial charge >= 0.3 is 5.97 Å². The molecule has 1 fully saturated rings. The summed E-state index contributed by atoms with van der Waals surface area (Å²) in [6.07, 6.45) is 3.37. The zero-order valence-corrected chi connectivity index (χ0v) is 15.4. The summed E-state index contributed by atoms with van der Waals surface area (Å²) in [5, 5.41) is 31.6. The molecule has 0 saturated heterocycles. The number of ether oxygens (including phenoxy) is 1. The smallest absolute Gasteiger partial charge is 0.314 e. The average molecular weight is 348 g/mol. The predicted molar refractivity (Wildman–Crippen MR) is 94.0 cm³/mol. The highest BCUT2D eigenvalue weighted by Gasteiger charge is 2.58. The molecule has 138 valence electrons. The minimum atomic E-state index is -1.13. The molecule has 0 spiro atoms. The number of carboxylic acids is 1. The molecule has 3 rings (SSSR count). The van der Waals surface area contributed by atoms with E-state index in [0.29, 0.717) is 24.0 Å². The lowest BCUT2D eigenvalue weighted by atomic mass is 9.49. The van der Waals surface area contributed by atoms with E-state index >= 15 is 0 Å². The molecule has 3 N–H and O–H groups in total. The molecule has 2 aliphatic carbocycles. The van der Waals surface area contributed by atoms with E-state index in [-0.39, 0.29) is 28.9 Å². The number of benzene rings is 1. The maximum Gasteiger partial charge on any atom is 0.314 e. The molecule has 0 amide bonds. The second-order valence-corrected chi connectivity index (χ2v) is 8.28. The van der Waals surface area contributed by atoms with Crippen LogP contribution in [0.3, 0.4) is 0 Å². The van der Waals surface area contributed by atoms with Gasteiger partial charge in [-0.2, -0.15) is 0 Å². The van der Waals surface area contributed by atoms with Crippen molar-refractivity contribution in [3.05, 3.63) is 22.8 Å². The number of fused-ring (bicyclic) bond motifs is 3. The van der Waals surface area contributed by atoms with Crippen LogP contribution in [0.2, 0.25) is 0 Å². The summed E-state index contributed by atoms with van der Waals surface area (Å²) in [4.78, 5) is 12.5. The van der Waals surface area contributed by atoms with Gasteiger partial charge in [0.2, 0.25) is 0 Å². The molecule has 1 aromatic carbocycles. The number of hydrogen-bond donors (Lipinski definition) is 3. The van der Waals surface area contributed by atoms with E-state index in [2.05, 4.69) is 13.8 Å². The Bertz CT molecular complexity index is 709. The average Bonchev–Trinajstić information content (AvgIpc) is 2.56. The zero-order chi connectivity index (χ0) is 18.6. The van der Waals surface area contributed by atoms with Gasteiger partial charge in [0.15, 0.2) is 11.5 Å². The number of phenolic OH excluding ortho intramolecular Hbond substituents is 2. The molecule has 2 aliphatic rings. The van der Waals surface area contributed by atoms with Crippen LogP contribution in [-0.2, 0) is 21.4 Å². The topological polar surface area (TPSA) is 87.0 Å². The fourth-order valence-corrected chi connectivity index (χ4v) is 5.30. The van der Waals surface area contributed by atoms with Crippen LogP contribution in [0.4, 0.5) is 0 Å². The summed E-state index contributed by atoms with van der Waals surface area (Å²) in [6, 6.07) is 1.82. The molecule has 1 saturated carbocycles. The van der Waals surface area contributed by atoms with Crippen LogP contribution in [-0.4, -0.2) is 28.4 Å². The predicted octanol–water partition coefficient (Wildman–Crippen LogP) is 3.90. The van der Waals surface area contributed by atoms with E-state index in [4.69, 9.17) is 4.74 Å². The van der Waals surface area contributed by atoms with Crippen LogP contribution in [0.15, 0.2) is 6.07 Å². The molecular weight excluding hydrogens is 320 g/mol. The lowest BCUT2D eigenvalue weighted by Gasteiger charge is -2.53. The lowest BCUT2D eigenvalue weighted by molar-refractivity contribution is -0.152. The third-order valence-electron chi connectivity index (χ3n) is 6.64. The van der Waals surface area contributed by atoms with Gasteiger partial charge in [0, 0.05) is 18.2 Å². The molecule has 0 heterocycles. The minimum Gasteiger partial charge on any atom is -0.504 e. The monoisotopic (exact) mass is 348 g/mol. The molecule has 0 aromatic heterocycles. The Labute approximate surface area is 148 Å². The molecule has 1 aromatic rings. The number of carboxylic acid groups (broad SMARTS) is 1. The van der Waals surface area contributed by atoms with Crippen LogP contribution in [0.1, 0.15) is 69.2 Å². The third kappa shape index (κ3) is 2.43. The molecular formula is C20H28O5. The van der Waals surface area contributed by atoms with Crippen LogP contribution in [0.5, 0.6) is 11.5 Å². The van der Waals surface area contributed by atoms with Gasteiger partial charge in [-0.25, -0.2) is 0 Å². The molecule has 1 unspecified atom stereocenters. The highest BCUT2D eigenvalue weighted by molar-refractivity contribution is 5.85. The number of aromatic hydroxyl groups is 2. The summed E-state index contributed by atoms with van der Waals surface area (Å²) in [5.74, 6) is -1.48. The normalized spacial score (nSPS) is 28.7. The molecule has 25 heavy (non-hydrogen) atoms. The first kappa shape index (κ1) is 18.1. The van der Waals surface area contributed by atoms with Gasteiger partial charge < -0.3 is 20.1 Å². The van der Waals surface area contributed by atoms with Crippen LogP contribution < -0.4 is 0 Å². The number of phenols is 2. The minimum absolute atomic E-state index is 0.0604. The van der Waals surface area contributed by atoms with Gasteiger partial charge in [-0.15, -0.1) is 0 Å². The number of carbonyl (C=O) groups is 1. The zero-order valence-electron chi connectivity index (χ0n) is 15.4. The van der Waals surface area contributed by atoms with E-state index in [1.165, 1.54) is 0 Å².